The number of H-pyrrole nitrogens is 1. The molecule has 0 bridgehead atoms. The summed E-state index contributed by atoms with van der Waals surface area (Å²) < 4.78 is 41.5. The van der Waals surface area contributed by atoms with Gasteiger partial charge in [0, 0.05) is 22.5 Å². The topological polar surface area (TPSA) is 49.0 Å². The smallest absolute Gasteiger partial charge is 0.278 e. The highest BCUT2D eigenvalue weighted by atomic mass is 32.2. The maximum Gasteiger partial charge on any atom is 0.278 e. The van der Waals surface area contributed by atoms with Crippen molar-refractivity contribution < 1.29 is 13.0 Å². The van der Waals surface area contributed by atoms with Gasteiger partial charge in [-0.1, -0.05) is 31.4 Å². The third-order valence-electron chi connectivity index (χ3n) is 5.88. The maximum absolute atomic E-state index is 13.4. The van der Waals surface area contributed by atoms with E-state index >= 15 is 0 Å². The zero-order valence-electron chi connectivity index (χ0n) is 16.4. The fraction of sp³-hybridized carbons (Fsp3) is 0.364. The van der Waals surface area contributed by atoms with Crippen LogP contribution in [0, 0.1) is 0 Å². The van der Waals surface area contributed by atoms with Crippen LogP contribution in [0.15, 0.2) is 47.5 Å². The average Bonchev–Trinajstić information content (AvgIpc) is 3.19. The number of hydrogen-bond donors (Lipinski definition) is 1. The van der Waals surface area contributed by atoms with E-state index in [0.717, 1.165) is 24.0 Å². The van der Waals surface area contributed by atoms with E-state index in [1.54, 1.807) is 12.3 Å². The number of rotatable bonds is 5. The van der Waals surface area contributed by atoms with Gasteiger partial charge in [-0.15, -0.1) is 0 Å². The summed E-state index contributed by atoms with van der Waals surface area (Å²) in [6.07, 6.45) is 4.69. The zero-order chi connectivity index (χ0) is 20.6. The van der Waals surface area contributed by atoms with Crippen LogP contribution in [0.25, 0.3) is 22.2 Å². The van der Waals surface area contributed by atoms with Gasteiger partial charge in [0.05, 0.1) is 15.4 Å². The zero-order valence-corrected chi connectivity index (χ0v) is 17.2. The highest BCUT2D eigenvalue weighted by Gasteiger charge is 2.25. The first-order valence-corrected chi connectivity index (χ1v) is 11.5. The van der Waals surface area contributed by atoms with Crippen LogP contribution in [0.1, 0.15) is 44.2 Å². The molecule has 0 spiro atoms. The van der Waals surface area contributed by atoms with Gasteiger partial charge in [0.1, 0.15) is 5.65 Å². The third kappa shape index (κ3) is 3.81. The van der Waals surface area contributed by atoms with Crippen LogP contribution in [0.5, 0.6) is 0 Å². The van der Waals surface area contributed by atoms with Gasteiger partial charge in [0.25, 0.3) is 6.43 Å². The van der Waals surface area contributed by atoms with Gasteiger partial charge in [-0.3, -0.25) is 0 Å². The van der Waals surface area contributed by atoms with Gasteiger partial charge >= 0.3 is 0 Å². The van der Waals surface area contributed by atoms with Crippen molar-refractivity contribution in [3.8, 4) is 11.1 Å². The number of hydrogen-bond acceptors (Lipinski definition) is 2. The Morgan fingerprint density at radius 2 is 1.86 bits per heavy atom. The molecule has 0 aliphatic heterocycles. The number of pyridine rings is 1. The van der Waals surface area contributed by atoms with Gasteiger partial charge in [0.15, 0.2) is 0 Å². The summed E-state index contributed by atoms with van der Waals surface area (Å²) in [5.74, 6) is 4.05. The van der Waals surface area contributed by atoms with Gasteiger partial charge in [-0.2, -0.15) is 0 Å². The number of alkyl halides is 2. The third-order valence-corrected chi connectivity index (χ3v) is 8.11. The van der Waals surface area contributed by atoms with Gasteiger partial charge < -0.3 is 4.98 Å². The van der Waals surface area contributed by atoms with E-state index in [2.05, 4.69) is 15.8 Å². The second-order valence-electron chi connectivity index (χ2n) is 7.65. The molecule has 29 heavy (non-hydrogen) atoms. The molecular weight excluding hydrogens is 392 g/mol. The standard InChI is InChI=1S/C22H25F2N3OS/c1-27(16-6-4-3-5-7-16)29(2,28)17-10-8-15(9-11-17)18-12-13-25-22-19(18)14-20(26-22)21(23)24/h8-14,16,21H,2-7H2,1H3,(H,25,26). The Morgan fingerprint density at radius 3 is 2.52 bits per heavy atom. The number of fused-ring (bicyclic) bond motifs is 1. The van der Waals surface area contributed by atoms with E-state index in [4.69, 9.17) is 0 Å². The van der Waals surface area contributed by atoms with Gasteiger partial charge in [-0.25, -0.2) is 22.3 Å². The number of benzene rings is 1. The molecule has 4 rings (SSSR count). The number of aromatic amines is 1. The van der Waals surface area contributed by atoms with Crippen LogP contribution in [-0.2, 0) is 9.71 Å². The normalized spacial score (nSPS) is 17.8. The van der Waals surface area contributed by atoms with E-state index in [-0.39, 0.29) is 5.69 Å². The van der Waals surface area contributed by atoms with Crippen molar-refractivity contribution in [2.24, 2.45) is 0 Å². The van der Waals surface area contributed by atoms with Crippen LogP contribution in [0.4, 0.5) is 8.78 Å². The summed E-state index contributed by atoms with van der Waals surface area (Å²) in [5.41, 5.74) is 1.95. The summed E-state index contributed by atoms with van der Waals surface area (Å²) in [6, 6.07) is 10.9. The predicted molar refractivity (Wildman–Crippen MR) is 115 cm³/mol. The first-order valence-electron chi connectivity index (χ1n) is 9.84. The fourth-order valence-electron chi connectivity index (χ4n) is 4.12. The van der Waals surface area contributed by atoms with Crippen molar-refractivity contribution >= 4 is 26.6 Å². The number of aromatic nitrogens is 2. The number of nitrogens with one attached hydrogen (secondary N) is 1. The van der Waals surface area contributed by atoms with Crippen LogP contribution in [0.3, 0.4) is 0 Å². The highest BCUT2D eigenvalue weighted by Crippen LogP contribution is 2.32. The minimum absolute atomic E-state index is 0.147. The largest absolute Gasteiger partial charge is 0.338 e. The summed E-state index contributed by atoms with van der Waals surface area (Å²) in [4.78, 5) is 7.50. The average molecular weight is 418 g/mol. The van der Waals surface area contributed by atoms with E-state index in [1.807, 2.05) is 35.6 Å². The maximum atomic E-state index is 13.4. The lowest BCUT2D eigenvalue weighted by molar-refractivity contribution is 0.147. The number of nitrogens with zero attached hydrogens (tertiary/aromatic N) is 2. The first kappa shape index (κ1) is 20.0. The minimum Gasteiger partial charge on any atom is -0.338 e. The predicted octanol–water partition coefficient (Wildman–Crippen LogP) is 5.42. The molecule has 1 unspecified atom stereocenters. The van der Waals surface area contributed by atoms with E-state index in [0.29, 0.717) is 22.0 Å². The molecule has 1 aromatic carbocycles. The van der Waals surface area contributed by atoms with Crippen LogP contribution in [0.2, 0.25) is 0 Å². The second-order valence-corrected chi connectivity index (χ2v) is 9.98. The molecule has 1 fully saturated rings. The summed E-state index contributed by atoms with van der Waals surface area (Å²) in [6.45, 7) is 0. The highest BCUT2D eigenvalue weighted by molar-refractivity contribution is 7.98. The molecule has 2 aromatic heterocycles. The summed E-state index contributed by atoms with van der Waals surface area (Å²) >= 11 is 0. The van der Waals surface area contributed by atoms with E-state index in [1.165, 1.54) is 25.3 Å². The molecule has 2 heterocycles. The molecule has 3 aromatic rings. The summed E-state index contributed by atoms with van der Waals surface area (Å²) in [7, 11) is -0.671. The molecular formula is C22H25F2N3OS. The lowest BCUT2D eigenvalue weighted by Crippen LogP contribution is -2.38. The molecule has 154 valence electrons. The van der Waals surface area contributed by atoms with Crippen molar-refractivity contribution in [2.45, 2.75) is 49.5 Å². The van der Waals surface area contributed by atoms with Crippen molar-refractivity contribution in [3.63, 3.8) is 0 Å². The molecule has 1 N–H and O–H groups in total. The Morgan fingerprint density at radius 1 is 1.17 bits per heavy atom. The second kappa shape index (κ2) is 7.88. The van der Waals surface area contributed by atoms with Crippen LogP contribution >= 0.6 is 0 Å². The lowest BCUT2D eigenvalue weighted by Gasteiger charge is -2.33. The molecule has 1 saturated carbocycles. The van der Waals surface area contributed by atoms with Crippen LogP contribution in [-0.4, -0.2) is 37.4 Å². The Bertz CT molecular complexity index is 1100. The molecule has 7 heteroatoms. The Balaban J connectivity index is 1.65. The van der Waals surface area contributed by atoms with Crippen molar-refractivity contribution in [1.82, 2.24) is 14.3 Å². The van der Waals surface area contributed by atoms with Gasteiger partial charge in [-0.05, 0) is 61.2 Å². The Kier molecular flexibility index (Phi) is 5.44. The Labute approximate surface area is 170 Å². The SMILES string of the molecule is C=S(=O)(c1ccc(-c2ccnc3[nH]c(C(F)F)cc23)cc1)N(C)C1CCCCC1. The quantitative estimate of drug-likeness (QED) is 0.564. The first-order chi connectivity index (χ1) is 13.9. The monoisotopic (exact) mass is 417 g/mol. The molecule has 1 aliphatic rings. The van der Waals surface area contributed by atoms with E-state index < -0.39 is 16.1 Å². The van der Waals surface area contributed by atoms with E-state index in [9.17, 15) is 13.0 Å². The molecule has 0 saturated heterocycles. The Hall–Kier alpha value is -2.25. The molecule has 1 aliphatic carbocycles. The minimum atomic E-state index is -2.58. The van der Waals surface area contributed by atoms with Crippen molar-refractivity contribution in [1.29, 1.82) is 0 Å². The molecule has 0 amide bonds. The van der Waals surface area contributed by atoms with Crippen molar-refractivity contribution in [3.05, 3.63) is 48.3 Å². The lowest BCUT2D eigenvalue weighted by atomic mass is 9.96. The van der Waals surface area contributed by atoms with Crippen molar-refractivity contribution in [2.75, 3.05) is 7.05 Å². The van der Waals surface area contributed by atoms with Gasteiger partial charge in [0.2, 0.25) is 0 Å². The van der Waals surface area contributed by atoms with Crippen LogP contribution < -0.4 is 0 Å². The number of halogens is 2. The summed E-state index contributed by atoms with van der Waals surface area (Å²) in [5, 5.41) is 0.644. The molecule has 4 nitrogen and oxygen atoms in total. The molecule has 0 radical (unpaired) electrons. The molecule has 1 atom stereocenters. The fourth-order valence-corrected chi connectivity index (χ4v) is 5.70.